The van der Waals surface area contributed by atoms with Crippen molar-refractivity contribution in [3.63, 3.8) is 0 Å². The van der Waals surface area contributed by atoms with Crippen LogP contribution in [-0.4, -0.2) is 29.5 Å². The van der Waals surface area contributed by atoms with Gasteiger partial charge in [-0.05, 0) is 35.4 Å². The Morgan fingerprint density at radius 1 is 1.11 bits per heavy atom. The Balaban J connectivity index is 1.80. The molecule has 0 radical (unpaired) electrons. The summed E-state index contributed by atoms with van der Waals surface area (Å²) in [5.74, 6) is 0.178. The molecule has 28 heavy (non-hydrogen) atoms. The summed E-state index contributed by atoms with van der Waals surface area (Å²) in [6.45, 7) is 4.78. The van der Waals surface area contributed by atoms with Crippen LogP contribution in [-0.2, 0) is 5.60 Å². The molecule has 8 heteroatoms. The Bertz CT molecular complexity index is 1010. The van der Waals surface area contributed by atoms with Crippen molar-refractivity contribution >= 4 is 11.1 Å². The van der Waals surface area contributed by atoms with E-state index in [4.69, 9.17) is 4.42 Å². The van der Waals surface area contributed by atoms with Crippen LogP contribution in [0.5, 0.6) is 5.75 Å². The van der Waals surface area contributed by atoms with Gasteiger partial charge in [0.1, 0.15) is 16.9 Å². The topological polar surface area (TPSA) is 67.5 Å². The summed E-state index contributed by atoms with van der Waals surface area (Å²) in [4.78, 5) is 4.27. The summed E-state index contributed by atoms with van der Waals surface area (Å²) in [7, 11) is 0. The van der Waals surface area contributed by atoms with E-state index in [0.717, 1.165) is 0 Å². The number of aryl methyl sites for hydroxylation is 1. The van der Waals surface area contributed by atoms with E-state index in [1.807, 2.05) is 6.92 Å². The molecule has 0 amide bonds. The zero-order valence-electron chi connectivity index (χ0n) is 15.3. The van der Waals surface area contributed by atoms with Crippen molar-refractivity contribution in [3.05, 3.63) is 59.5 Å². The van der Waals surface area contributed by atoms with Gasteiger partial charge >= 0.3 is 6.36 Å². The number of rotatable bonds is 4. The molecular formula is C20H19F3N2O3. The van der Waals surface area contributed by atoms with Gasteiger partial charge in [0.2, 0.25) is 0 Å². The van der Waals surface area contributed by atoms with Crippen molar-refractivity contribution in [1.82, 2.24) is 10.3 Å². The lowest BCUT2D eigenvalue weighted by Gasteiger charge is -2.52. The number of oxazole rings is 1. The van der Waals surface area contributed by atoms with Gasteiger partial charge in [0.25, 0.3) is 0 Å². The molecule has 0 aliphatic carbocycles. The van der Waals surface area contributed by atoms with Crippen molar-refractivity contribution in [2.24, 2.45) is 5.41 Å². The first-order valence-corrected chi connectivity index (χ1v) is 8.78. The SMILES string of the molecule is Cc1nc2ccc(C(O)(c3ccc(OC(F)(F)F)cc3)C3(C)CNC3)cc2o1. The Kier molecular flexibility index (Phi) is 4.17. The third-order valence-corrected chi connectivity index (χ3v) is 5.32. The molecule has 2 N–H and O–H groups in total. The van der Waals surface area contributed by atoms with Gasteiger partial charge in [-0.15, -0.1) is 13.2 Å². The predicted molar refractivity (Wildman–Crippen MR) is 95.8 cm³/mol. The highest BCUT2D eigenvalue weighted by atomic mass is 19.4. The molecule has 1 aliphatic rings. The van der Waals surface area contributed by atoms with E-state index in [2.05, 4.69) is 15.0 Å². The van der Waals surface area contributed by atoms with E-state index in [1.54, 1.807) is 25.1 Å². The van der Waals surface area contributed by atoms with Crippen molar-refractivity contribution in [3.8, 4) is 5.75 Å². The summed E-state index contributed by atoms with van der Waals surface area (Å²) in [5, 5.41) is 15.0. The highest BCUT2D eigenvalue weighted by Gasteiger charge is 2.53. The van der Waals surface area contributed by atoms with Gasteiger partial charge in [0.05, 0.1) is 0 Å². The minimum Gasteiger partial charge on any atom is -0.441 e. The van der Waals surface area contributed by atoms with E-state index in [0.29, 0.717) is 41.2 Å². The Labute approximate surface area is 159 Å². The van der Waals surface area contributed by atoms with Crippen molar-refractivity contribution in [2.45, 2.75) is 25.8 Å². The van der Waals surface area contributed by atoms with Crippen LogP contribution in [0.4, 0.5) is 13.2 Å². The lowest BCUT2D eigenvalue weighted by atomic mass is 9.62. The normalized spacial score (nSPS) is 18.5. The minimum absolute atomic E-state index is 0.336. The number of fused-ring (bicyclic) bond motifs is 1. The summed E-state index contributed by atoms with van der Waals surface area (Å²) < 4.78 is 46.9. The minimum atomic E-state index is -4.77. The lowest BCUT2D eigenvalue weighted by Crippen LogP contribution is -2.63. The van der Waals surface area contributed by atoms with Gasteiger partial charge in [-0.25, -0.2) is 4.98 Å². The number of hydrogen-bond acceptors (Lipinski definition) is 5. The summed E-state index contributed by atoms with van der Waals surface area (Å²) in [5.41, 5.74) is 0.286. The summed E-state index contributed by atoms with van der Waals surface area (Å²) in [6.07, 6.45) is -4.77. The molecule has 4 rings (SSSR count). The number of hydrogen-bond donors (Lipinski definition) is 2. The molecule has 5 nitrogen and oxygen atoms in total. The van der Waals surface area contributed by atoms with E-state index < -0.39 is 17.4 Å². The van der Waals surface area contributed by atoms with Crippen LogP contribution < -0.4 is 10.1 Å². The van der Waals surface area contributed by atoms with Crippen LogP contribution in [0.2, 0.25) is 0 Å². The fraction of sp³-hybridized carbons (Fsp3) is 0.350. The van der Waals surface area contributed by atoms with Gasteiger partial charge in [0.15, 0.2) is 11.5 Å². The third kappa shape index (κ3) is 3.02. The number of benzene rings is 2. The standard InChI is InChI=1S/C20H19F3N2O3/c1-12-25-16-8-5-14(9-17(16)27-12)19(26,18(2)10-24-11-18)13-3-6-15(7-4-13)28-20(21,22)23/h3-9,24,26H,10-11H2,1-2H3. The lowest BCUT2D eigenvalue weighted by molar-refractivity contribution is -0.274. The molecule has 1 fully saturated rings. The number of aromatic nitrogens is 1. The van der Waals surface area contributed by atoms with E-state index in [9.17, 15) is 18.3 Å². The molecule has 3 aromatic rings. The van der Waals surface area contributed by atoms with Crippen LogP contribution in [0.15, 0.2) is 46.9 Å². The molecular weight excluding hydrogens is 373 g/mol. The second kappa shape index (κ2) is 6.22. The fourth-order valence-corrected chi connectivity index (χ4v) is 3.78. The first-order chi connectivity index (χ1) is 13.1. The maximum Gasteiger partial charge on any atom is 0.573 e. The van der Waals surface area contributed by atoms with Crippen LogP contribution in [0.25, 0.3) is 11.1 Å². The molecule has 2 aromatic carbocycles. The Hall–Kier alpha value is -2.58. The summed E-state index contributed by atoms with van der Waals surface area (Å²) in [6, 6.07) is 10.6. The number of halogens is 3. The number of nitrogens with zero attached hydrogens (tertiary/aromatic N) is 1. The third-order valence-electron chi connectivity index (χ3n) is 5.32. The Morgan fingerprint density at radius 3 is 2.32 bits per heavy atom. The first kappa shape index (κ1) is 18.8. The first-order valence-electron chi connectivity index (χ1n) is 8.78. The number of nitrogens with one attached hydrogen (secondary N) is 1. The molecule has 2 heterocycles. The van der Waals surface area contributed by atoms with Crippen molar-refractivity contribution < 1.29 is 27.4 Å². The average molecular weight is 392 g/mol. The van der Waals surface area contributed by atoms with Gasteiger partial charge in [-0.2, -0.15) is 0 Å². The predicted octanol–water partition coefficient (Wildman–Crippen LogP) is 3.88. The quantitative estimate of drug-likeness (QED) is 0.705. The molecule has 0 spiro atoms. The fourth-order valence-electron chi connectivity index (χ4n) is 3.78. The highest BCUT2D eigenvalue weighted by molar-refractivity contribution is 5.74. The average Bonchev–Trinajstić information content (AvgIpc) is 2.97. The highest BCUT2D eigenvalue weighted by Crippen LogP contribution is 2.48. The van der Waals surface area contributed by atoms with Crippen LogP contribution in [0.3, 0.4) is 0 Å². The summed E-state index contributed by atoms with van der Waals surface area (Å²) >= 11 is 0. The van der Waals surface area contributed by atoms with E-state index in [-0.39, 0.29) is 5.75 Å². The van der Waals surface area contributed by atoms with Gasteiger partial charge in [0, 0.05) is 25.4 Å². The molecule has 1 aromatic heterocycles. The van der Waals surface area contributed by atoms with E-state index >= 15 is 0 Å². The maximum absolute atomic E-state index is 12.4. The monoisotopic (exact) mass is 392 g/mol. The number of alkyl halides is 3. The van der Waals surface area contributed by atoms with Crippen LogP contribution in [0.1, 0.15) is 23.9 Å². The van der Waals surface area contributed by atoms with Crippen molar-refractivity contribution in [1.29, 1.82) is 0 Å². The Morgan fingerprint density at radius 2 is 1.75 bits per heavy atom. The maximum atomic E-state index is 12.4. The molecule has 1 unspecified atom stereocenters. The second-order valence-corrected chi connectivity index (χ2v) is 7.36. The van der Waals surface area contributed by atoms with Crippen molar-refractivity contribution in [2.75, 3.05) is 13.1 Å². The van der Waals surface area contributed by atoms with Crippen LogP contribution in [0, 0.1) is 12.3 Å². The number of ether oxygens (including phenoxy) is 1. The molecule has 1 atom stereocenters. The molecule has 148 valence electrons. The van der Waals surface area contributed by atoms with Crippen LogP contribution >= 0.6 is 0 Å². The molecule has 1 aliphatic heterocycles. The zero-order valence-corrected chi connectivity index (χ0v) is 15.3. The molecule has 1 saturated heterocycles. The van der Waals surface area contributed by atoms with Gasteiger partial charge in [-0.1, -0.05) is 25.1 Å². The molecule has 0 saturated carbocycles. The molecule has 0 bridgehead atoms. The van der Waals surface area contributed by atoms with Gasteiger partial charge < -0.3 is 19.6 Å². The van der Waals surface area contributed by atoms with Gasteiger partial charge in [-0.3, -0.25) is 0 Å². The number of aliphatic hydroxyl groups is 1. The zero-order chi connectivity index (χ0) is 20.2. The second-order valence-electron chi connectivity index (χ2n) is 7.36. The largest absolute Gasteiger partial charge is 0.573 e. The van der Waals surface area contributed by atoms with E-state index in [1.165, 1.54) is 24.3 Å². The smallest absolute Gasteiger partial charge is 0.441 e.